The molecule has 0 atom stereocenters. The maximum atomic E-state index is 13.9. The third kappa shape index (κ3) is 2.03. The molecule has 0 aliphatic heterocycles. The van der Waals surface area contributed by atoms with Crippen LogP contribution in [0.1, 0.15) is 34.7 Å². The van der Waals surface area contributed by atoms with E-state index in [2.05, 4.69) is 4.98 Å². The van der Waals surface area contributed by atoms with E-state index in [1.165, 1.54) is 13.2 Å². The van der Waals surface area contributed by atoms with E-state index in [0.717, 1.165) is 18.4 Å². The Morgan fingerprint density at radius 3 is 2.74 bits per heavy atom. The highest BCUT2D eigenvalue weighted by molar-refractivity contribution is 5.94. The average Bonchev–Trinajstić information content (AvgIpc) is 3.18. The zero-order valence-corrected chi connectivity index (χ0v) is 10.6. The number of carbonyl (C=O) groups is 1. The second-order valence-electron chi connectivity index (χ2n) is 4.74. The molecule has 98 valence electrons. The van der Waals surface area contributed by atoms with Gasteiger partial charge in [0, 0.05) is 11.8 Å². The van der Waals surface area contributed by atoms with Gasteiger partial charge in [0.15, 0.2) is 0 Å². The SMILES string of the molecule is COC(=O)c1c[nH]c(-c2ccccc2F)c1C1CC1. The number of H-pyrrole nitrogens is 1. The maximum absolute atomic E-state index is 13.9. The van der Waals surface area contributed by atoms with Gasteiger partial charge in [-0.25, -0.2) is 9.18 Å². The Morgan fingerprint density at radius 2 is 2.11 bits per heavy atom. The molecule has 0 amide bonds. The summed E-state index contributed by atoms with van der Waals surface area (Å²) in [6.07, 6.45) is 3.67. The lowest BCUT2D eigenvalue weighted by Gasteiger charge is -2.06. The number of aromatic nitrogens is 1. The number of methoxy groups -OCH3 is 1. The Kier molecular flexibility index (Phi) is 2.85. The monoisotopic (exact) mass is 259 g/mol. The summed E-state index contributed by atoms with van der Waals surface area (Å²) >= 11 is 0. The van der Waals surface area contributed by atoms with Crippen molar-refractivity contribution in [2.24, 2.45) is 0 Å². The highest BCUT2D eigenvalue weighted by atomic mass is 19.1. The second kappa shape index (κ2) is 4.53. The molecule has 19 heavy (non-hydrogen) atoms. The Morgan fingerprint density at radius 1 is 1.37 bits per heavy atom. The summed E-state index contributed by atoms with van der Waals surface area (Å²) in [6, 6.07) is 6.58. The molecular formula is C15H14FNO2. The number of rotatable bonds is 3. The van der Waals surface area contributed by atoms with Gasteiger partial charge in [0.1, 0.15) is 5.82 Å². The van der Waals surface area contributed by atoms with Gasteiger partial charge in [0.25, 0.3) is 0 Å². The Labute approximate surface area is 110 Å². The quantitative estimate of drug-likeness (QED) is 0.857. The first-order valence-electron chi connectivity index (χ1n) is 6.27. The summed E-state index contributed by atoms with van der Waals surface area (Å²) in [4.78, 5) is 14.8. The van der Waals surface area contributed by atoms with Crippen LogP contribution in [-0.4, -0.2) is 18.1 Å². The van der Waals surface area contributed by atoms with Crippen molar-refractivity contribution in [3.8, 4) is 11.3 Å². The highest BCUT2D eigenvalue weighted by Gasteiger charge is 2.33. The molecule has 0 spiro atoms. The van der Waals surface area contributed by atoms with Gasteiger partial charge in [-0.05, 0) is 36.5 Å². The number of nitrogens with one attached hydrogen (secondary N) is 1. The summed E-state index contributed by atoms with van der Waals surface area (Å²) in [7, 11) is 1.36. The predicted molar refractivity (Wildman–Crippen MR) is 69.5 cm³/mol. The van der Waals surface area contributed by atoms with Gasteiger partial charge in [0.2, 0.25) is 0 Å². The van der Waals surface area contributed by atoms with Gasteiger partial charge in [-0.2, -0.15) is 0 Å². The van der Waals surface area contributed by atoms with Crippen molar-refractivity contribution < 1.29 is 13.9 Å². The summed E-state index contributed by atoms with van der Waals surface area (Å²) in [5, 5.41) is 0. The summed E-state index contributed by atoms with van der Waals surface area (Å²) in [5.41, 5.74) is 2.60. The van der Waals surface area contributed by atoms with Gasteiger partial charge in [-0.1, -0.05) is 12.1 Å². The average molecular weight is 259 g/mol. The lowest BCUT2D eigenvalue weighted by atomic mass is 10.0. The van der Waals surface area contributed by atoms with Crippen LogP contribution in [-0.2, 0) is 4.74 Å². The largest absolute Gasteiger partial charge is 0.465 e. The molecule has 4 heteroatoms. The lowest BCUT2D eigenvalue weighted by molar-refractivity contribution is 0.0600. The molecule has 1 fully saturated rings. The topological polar surface area (TPSA) is 42.1 Å². The fraction of sp³-hybridized carbons (Fsp3) is 0.267. The highest BCUT2D eigenvalue weighted by Crippen LogP contribution is 2.46. The van der Waals surface area contributed by atoms with Crippen LogP contribution in [0.3, 0.4) is 0 Å². The molecule has 0 unspecified atom stereocenters. The van der Waals surface area contributed by atoms with Crippen molar-refractivity contribution in [2.75, 3.05) is 7.11 Å². The minimum Gasteiger partial charge on any atom is -0.465 e. The van der Waals surface area contributed by atoms with E-state index >= 15 is 0 Å². The number of carbonyl (C=O) groups excluding carboxylic acids is 1. The van der Waals surface area contributed by atoms with Crippen LogP contribution in [0.15, 0.2) is 30.5 Å². The molecule has 2 aromatic rings. The Balaban J connectivity index is 2.15. The van der Waals surface area contributed by atoms with Gasteiger partial charge >= 0.3 is 5.97 Å². The molecule has 1 aliphatic rings. The van der Waals surface area contributed by atoms with E-state index in [-0.39, 0.29) is 11.8 Å². The number of benzene rings is 1. The maximum Gasteiger partial charge on any atom is 0.339 e. The van der Waals surface area contributed by atoms with Crippen LogP contribution in [0.5, 0.6) is 0 Å². The zero-order chi connectivity index (χ0) is 13.4. The minimum absolute atomic E-state index is 0.289. The van der Waals surface area contributed by atoms with Crippen molar-refractivity contribution in [1.82, 2.24) is 4.98 Å². The molecule has 0 saturated heterocycles. The molecule has 1 saturated carbocycles. The van der Waals surface area contributed by atoms with Gasteiger partial charge in [-0.3, -0.25) is 0 Å². The number of hydrogen-bond donors (Lipinski definition) is 1. The summed E-state index contributed by atoms with van der Waals surface area (Å²) in [5.74, 6) is -0.335. The van der Waals surface area contributed by atoms with E-state index in [1.54, 1.807) is 24.4 Å². The van der Waals surface area contributed by atoms with Crippen LogP contribution in [0, 0.1) is 5.82 Å². The molecule has 0 bridgehead atoms. The van der Waals surface area contributed by atoms with Crippen molar-refractivity contribution in [1.29, 1.82) is 0 Å². The normalized spacial score (nSPS) is 14.4. The third-order valence-corrected chi connectivity index (χ3v) is 3.45. The predicted octanol–water partition coefficient (Wildman–Crippen LogP) is 3.48. The van der Waals surface area contributed by atoms with Crippen molar-refractivity contribution in [3.05, 3.63) is 47.4 Å². The van der Waals surface area contributed by atoms with Gasteiger partial charge in [-0.15, -0.1) is 0 Å². The van der Waals surface area contributed by atoms with E-state index in [9.17, 15) is 9.18 Å². The second-order valence-corrected chi connectivity index (χ2v) is 4.74. The number of halogens is 1. The van der Waals surface area contributed by atoms with Crippen molar-refractivity contribution >= 4 is 5.97 Å². The summed E-state index contributed by atoms with van der Waals surface area (Å²) in [6.45, 7) is 0. The lowest BCUT2D eigenvalue weighted by Crippen LogP contribution is -2.03. The molecular weight excluding hydrogens is 245 g/mol. The fourth-order valence-electron chi connectivity index (χ4n) is 2.40. The van der Waals surface area contributed by atoms with Crippen molar-refractivity contribution in [3.63, 3.8) is 0 Å². The van der Waals surface area contributed by atoms with Crippen LogP contribution < -0.4 is 0 Å². The molecule has 3 nitrogen and oxygen atoms in total. The van der Waals surface area contributed by atoms with Crippen molar-refractivity contribution in [2.45, 2.75) is 18.8 Å². The first-order valence-corrected chi connectivity index (χ1v) is 6.27. The number of hydrogen-bond acceptors (Lipinski definition) is 2. The smallest absolute Gasteiger partial charge is 0.339 e. The third-order valence-electron chi connectivity index (χ3n) is 3.45. The van der Waals surface area contributed by atoms with E-state index in [0.29, 0.717) is 22.7 Å². The molecule has 3 rings (SSSR count). The number of esters is 1. The number of aromatic amines is 1. The van der Waals surface area contributed by atoms with Crippen LogP contribution in [0.25, 0.3) is 11.3 Å². The van der Waals surface area contributed by atoms with Crippen LogP contribution >= 0.6 is 0 Å². The number of ether oxygens (including phenoxy) is 1. The van der Waals surface area contributed by atoms with Crippen LogP contribution in [0.2, 0.25) is 0 Å². The van der Waals surface area contributed by atoms with Crippen LogP contribution in [0.4, 0.5) is 4.39 Å². The molecule has 1 N–H and O–H groups in total. The first-order chi connectivity index (χ1) is 9.22. The molecule has 1 heterocycles. The molecule has 0 radical (unpaired) electrons. The van der Waals surface area contributed by atoms with Gasteiger partial charge in [0.05, 0.1) is 18.4 Å². The standard InChI is InChI=1S/C15H14FNO2/c1-19-15(18)11-8-17-14(13(11)9-6-7-9)10-4-2-3-5-12(10)16/h2-5,8-9,17H,6-7H2,1H3. The Bertz CT molecular complexity index is 629. The Hall–Kier alpha value is -2.10. The zero-order valence-electron chi connectivity index (χ0n) is 10.6. The molecule has 1 aromatic carbocycles. The molecule has 1 aromatic heterocycles. The molecule has 1 aliphatic carbocycles. The fourth-order valence-corrected chi connectivity index (χ4v) is 2.40. The van der Waals surface area contributed by atoms with E-state index in [4.69, 9.17) is 4.74 Å². The summed E-state index contributed by atoms with van der Waals surface area (Å²) < 4.78 is 18.7. The van der Waals surface area contributed by atoms with Gasteiger partial charge < -0.3 is 9.72 Å². The van der Waals surface area contributed by atoms with E-state index in [1.807, 2.05) is 0 Å². The first kappa shape index (κ1) is 12.0. The minimum atomic E-state index is -0.374. The van der Waals surface area contributed by atoms with E-state index < -0.39 is 0 Å².